The Morgan fingerprint density at radius 3 is 2.76 bits per heavy atom. The SMILES string of the molecule is CC1(C)NC=C2C=NN(CC(=O)c3ccccc3)C(Br)=C21. The van der Waals surface area contributed by atoms with Crippen LogP contribution in [0, 0.1) is 0 Å². The van der Waals surface area contributed by atoms with Crippen molar-refractivity contribution in [2.24, 2.45) is 5.10 Å². The van der Waals surface area contributed by atoms with E-state index in [9.17, 15) is 4.79 Å². The molecule has 0 radical (unpaired) electrons. The molecule has 3 rings (SSSR count). The van der Waals surface area contributed by atoms with Crippen LogP contribution >= 0.6 is 15.9 Å². The topological polar surface area (TPSA) is 44.7 Å². The molecule has 108 valence electrons. The molecule has 0 saturated heterocycles. The van der Waals surface area contributed by atoms with Gasteiger partial charge in [-0.15, -0.1) is 0 Å². The highest BCUT2D eigenvalue weighted by atomic mass is 79.9. The number of Topliss-reactive ketones (excluding diaryl/α,β-unsaturated/α-hetero) is 1. The summed E-state index contributed by atoms with van der Waals surface area (Å²) in [6, 6.07) is 9.28. The van der Waals surface area contributed by atoms with Crippen LogP contribution in [0.1, 0.15) is 24.2 Å². The van der Waals surface area contributed by atoms with E-state index in [2.05, 4.69) is 40.2 Å². The van der Waals surface area contributed by atoms with Crippen LogP contribution in [0.15, 0.2) is 57.4 Å². The van der Waals surface area contributed by atoms with Gasteiger partial charge in [0.2, 0.25) is 0 Å². The molecule has 0 bridgehead atoms. The first kappa shape index (κ1) is 14.1. The first-order valence-corrected chi connectivity index (χ1v) is 7.56. The van der Waals surface area contributed by atoms with Gasteiger partial charge in [0.15, 0.2) is 5.78 Å². The van der Waals surface area contributed by atoms with Gasteiger partial charge in [0.05, 0.1) is 11.8 Å². The van der Waals surface area contributed by atoms with Crippen LogP contribution in [-0.2, 0) is 0 Å². The van der Waals surface area contributed by atoms with Crippen molar-refractivity contribution in [1.29, 1.82) is 0 Å². The molecule has 0 fully saturated rings. The van der Waals surface area contributed by atoms with E-state index in [0.29, 0.717) is 5.56 Å². The van der Waals surface area contributed by atoms with Gasteiger partial charge in [-0.05, 0) is 29.8 Å². The summed E-state index contributed by atoms with van der Waals surface area (Å²) < 4.78 is 0.843. The lowest BCUT2D eigenvalue weighted by atomic mass is 9.92. The Balaban J connectivity index is 1.85. The van der Waals surface area contributed by atoms with Gasteiger partial charge in [-0.25, -0.2) is 0 Å². The van der Waals surface area contributed by atoms with Crippen molar-refractivity contribution in [2.75, 3.05) is 6.54 Å². The maximum atomic E-state index is 12.3. The zero-order valence-corrected chi connectivity index (χ0v) is 13.5. The Kier molecular flexibility index (Phi) is 3.45. The molecular formula is C16H16BrN3O. The predicted molar refractivity (Wildman–Crippen MR) is 87.2 cm³/mol. The van der Waals surface area contributed by atoms with Gasteiger partial charge in [-0.1, -0.05) is 30.3 Å². The van der Waals surface area contributed by atoms with E-state index < -0.39 is 0 Å². The van der Waals surface area contributed by atoms with E-state index in [1.807, 2.05) is 36.5 Å². The van der Waals surface area contributed by atoms with Crippen LogP contribution < -0.4 is 5.32 Å². The summed E-state index contributed by atoms with van der Waals surface area (Å²) in [4.78, 5) is 12.3. The number of ketones is 1. The Morgan fingerprint density at radius 1 is 1.33 bits per heavy atom. The number of nitrogens with one attached hydrogen (secondary N) is 1. The van der Waals surface area contributed by atoms with Crippen molar-refractivity contribution in [2.45, 2.75) is 19.4 Å². The highest BCUT2D eigenvalue weighted by molar-refractivity contribution is 9.11. The molecule has 2 heterocycles. The largest absolute Gasteiger partial charge is 0.381 e. The number of rotatable bonds is 3. The number of carbonyl (C=O) groups excluding carboxylic acids is 1. The third kappa shape index (κ3) is 2.53. The lowest BCUT2D eigenvalue weighted by Gasteiger charge is -2.30. The number of nitrogens with zero attached hydrogens (tertiary/aromatic N) is 2. The maximum absolute atomic E-state index is 12.3. The third-order valence-electron chi connectivity index (χ3n) is 3.66. The van der Waals surface area contributed by atoms with Crippen molar-refractivity contribution in [3.63, 3.8) is 0 Å². The van der Waals surface area contributed by atoms with Gasteiger partial charge in [0.25, 0.3) is 0 Å². The number of benzene rings is 1. The predicted octanol–water partition coefficient (Wildman–Crippen LogP) is 3.04. The zero-order valence-electron chi connectivity index (χ0n) is 11.9. The normalized spacial score (nSPS) is 19.2. The summed E-state index contributed by atoms with van der Waals surface area (Å²) in [5, 5.41) is 9.38. The number of fused-ring (bicyclic) bond motifs is 1. The van der Waals surface area contributed by atoms with E-state index in [0.717, 1.165) is 15.8 Å². The molecule has 0 saturated carbocycles. The van der Waals surface area contributed by atoms with Crippen LogP contribution in [0.5, 0.6) is 0 Å². The number of halogens is 1. The summed E-state index contributed by atoms with van der Waals surface area (Å²) in [6.45, 7) is 4.42. The van der Waals surface area contributed by atoms with Crippen LogP contribution in [0.2, 0.25) is 0 Å². The molecule has 0 unspecified atom stereocenters. The molecule has 0 aromatic heterocycles. The third-order valence-corrected chi connectivity index (χ3v) is 4.47. The zero-order chi connectivity index (χ0) is 15.0. The average Bonchev–Trinajstić information content (AvgIpc) is 2.79. The quantitative estimate of drug-likeness (QED) is 0.676. The molecule has 2 aliphatic heterocycles. The molecule has 0 aliphatic carbocycles. The van der Waals surface area contributed by atoms with Gasteiger partial charge in [0.1, 0.15) is 11.2 Å². The highest BCUT2D eigenvalue weighted by Gasteiger charge is 2.35. The molecule has 2 aliphatic rings. The smallest absolute Gasteiger partial charge is 0.184 e. The van der Waals surface area contributed by atoms with Crippen LogP contribution in [-0.4, -0.2) is 29.1 Å². The first-order valence-electron chi connectivity index (χ1n) is 6.77. The Morgan fingerprint density at radius 2 is 2.05 bits per heavy atom. The van der Waals surface area contributed by atoms with E-state index in [1.54, 1.807) is 11.2 Å². The molecule has 0 amide bonds. The molecular weight excluding hydrogens is 330 g/mol. The van der Waals surface area contributed by atoms with Gasteiger partial charge in [-0.2, -0.15) is 5.10 Å². The van der Waals surface area contributed by atoms with E-state index in [4.69, 9.17) is 0 Å². The summed E-state index contributed by atoms with van der Waals surface area (Å²) in [7, 11) is 0. The van der Waals surface area contributed by atoms with E-state index in [-0.39, 0.29) is 17.9 Å². The standard InChI is InChI=1S/C16H16BrN3O/c1-16(2)14-12(8-18-16)9-19-20(15(14)17)10-13(21)11-6-4-3-5-7-11/h3-9,18H,10H2,1-2H3. The van der Waals surface area contributed by atoms with Crippen molar-refractivity contribution in [3.8, 4) is 0 Å². The lowest BCUT2D eigenvalue weighted by molar-refractivity contribution is 0.0954. The summed E-state index contributed by atoms with van der Waals surface area (Å²) in [5.41, 5.74) is 2.70. The number of hydrogen-bond donors (Lipinski definition) is 1. The second-order valence-corrected chi connectivity index (χ2v) is 6.38. The molecule has 21 heavy (non-hydrogen) atoms. The molecule has 1 aromatic rings. The van der Waals surface area contributed by atoms with Gasteiger partial charge in [-0.3, -0.25) is 9.80 Å². The second kappa shape index (κ2) is 5.15. The number of hydrazone groups is 1. The summed E-state index contributed by atoms with van der Waals surface area (Å²) in [6.07, 6.45) is 3.75. The van der Waals surface area contributed by atoms with Gasteiger partial charge >= 0.3 is 0 Å². The fourth-order valence-corrected chi connectivity index (χ4v) is 3.46. The van der Waals surface area contributed by atoms with Crippen molar-refractivity contribution in [1.82, 2.24) is 10.3 Å². The second-order valence-electron chi connectivity index (χ2n) is 5.63. The van der Waals surface area contributed by atoms with Crippen molar-refractivity contribution >= 4 is 27.9 Å². The minimum absolute atomic E-state index is 0.0430. The minimum Gasteiger partial charge on any atom is -0.381 e. The van der Waals surface area contributed by atoms with Crippen LogP contribution in [0.4, 0.5) is 0 Å². The molecule has 1 aromatic carbocycles. The first-order chi connectivity index (χ1) is 9.99. The van der Waals surface area contributed by atoms with E-state index in [1.165, 1.54) is 0 Å². The molecule has 4 nitrogen and oxygen atoms in total. The van der Waals surface area contributed by atoms with Crippen molar-refractivity contribution < 1.29 is 4.79 Å². The fourth-order valence-electron chi connectivity index (χ4n) is 2.52. The fraction of sp³-hybridized carbons (Fsp3) is 0.250. The monoisotopic (exact) mass is 345 g/mol. The molecule has 0 spiro atoms. The lowest BCUT2D eigenvalue weighted by Crippen LogP contribution is -2.36. The highest BCUT2D eigenvalue weighted by Crippen LogP contribution is 2.37. The van der Waals surface area contributed by atoms with E-state index >= 15 is 0 Å². The summed E-state index contributed by atoms with van der Waals surface area (Å²) in [5.74, 6) is 0.0430. The molecule has 5 heteroatoms. The van der Waals surface area contributed by atoms with Gasteiger partial charge in [0, 0.05) is 22.9 Å². The Bertz CT molecular complexity index is 674. The minimum atomic E-state index is -0.172. The van der Waals surface area contributed by atoms with Crippen LogP contribution in [0.3, 0.4) is 0 Å². The maximum Gasteiger partial charge on any atom is 0.184 e. The number of hydrogen-bond acceptors (Lipinski definition) is 4. The average molecular weight is 346 g/mol. The Labute approximate surface area is 132 Å². The van der Waals surface area contributed by atoms with Gasteiger partial charge < -0.3 is 5.32 Å². The molecule has 0 atom stereocenters. The molecule has 1 N–H and O–H groups in total. The van der Waals surface area contributed by atoms with Crippen LogP contribution in [0.25, 0.3) is 0 Å². The van der Waals surface area contributed by atoms with Crippen molar-refractivity contribution in [3.05, 3.63) is 57.8 Å². The Hall–Kier alpha value is -1.88. The summed E-state index contributed by atoms with van der Waals surface area (Å²) >= 11 is 3.60. The number of carbonyl (C=O) groups is 1.